The molecule has 0 aliphatic rings. The van der Waals surface area contributed by atoms with Crippen LogP contribution in [-0.4, -0.2) is 27.0 Å². The first-order chi connectivity index (χ1) is 12.0. The van der Waals surface area contributed by atoms with E-state index in [9.17, 15) is 4.79 Å². The fourth-order valence-electron chi connectivity index (χ4n) is 2.43. The van der Waals surface area contributed by atoms with Crippen molar-refractivity contribution < 1.29 is 9.21 Å². The van der Waals surface area contributed by atoms with Gasteiger partial charge >= 0.3 is 0 Å². The summed E-state index contributed by atoms with van der Waals surface area (Å²) < 4.78 is 5.72. The molecule has 1 aromatic carbocycles. The minimum Gasteiger partial charge on any atom is -0.419 e. The predicted octanol–water partition coefficient (Wildman–Crippen LogP) is 4.43. The van der Waals surface area contributed by atoms with E-state index >= 15 is 0 Å². The zero-order chi connectivity index (χ0) is 17.8. The van der Waals surface area contributed by atoms with E-state index < -0.39 is 0 Å². The minimum atomic E-state index is 0.0294. The summed E-state index contributed by atoms with van der Waals surface area (Å²) in [7, 11) is 0. The van der Waals surface area contributed by atoms with Crippen LogP contribution in [0.3, 0.4) is 0 Å². The van der Waals surface area contributed by atoms with Crippen molar-refractivity contribution in [1.29, 1.82) is 0 Å². The molecule has 2 heterocycles. The Morgan fingerprint density at radius 1 is 1.28 bits per heavy atom. The highest BCUT2D eigenvalue weighted by atomic mass is 35.5. The van der Waals surface area contributed by atoms with E-state index in [-0.39, 0.29) is 18.5 Å². The number of benzene rings is 1. The molecule has 7 heteroatoms. The Balaban J connectivity index is 1.75. The molecule has 0 bridgehead atoms. The topological polar surface area (TPSA) is 59.2 Å². The van der Waals surface area contributed by atoms with Gasteiger partial charge in [0, 0.05) is 6.04 Å². The van der Waals surface area contributed by atoms with Gasteiger partial charge in [-0.2, -0.15) is 11.3 Å². The van der Waals surface area contributed by atoms with Gasteiger partial charge in [-0.1, -0.05) is 23.7 Å². The van der Waals surface area contributed by atoms with E-state index in [0.29, 0.717) is 28.8 Å². The molecule has 0 radical (unpaired) electrons. The molecule has 0 saturated carbocycles. The van der Waals surface area contributed by atoms with Gasteiger partial charge in [0.05, 0.1) is 23.6 Å². The molecule has 3 aromatic rings. The molecule has 3 rings (SSSR count). The molecule has 0 spiro atoms. The van der Waals surface area contributed by atoms with Crippen molar-refractivity contribution in [2.45, 2.75) is 32.9 Å². The summed E-state index contributed by atoms with van der Waals surface area (Å²) in [5, 5.41) is 12.6. The van der Waals surface area contributed by atoms with Gasteiger partial charge in [0.15, 0.2) is 0 Å². The van der Waals surface area contributed by atoms with E-state index in [1.165, 1.54) is 0 Å². The number of amides is 1. The monoisotopic (exact) mass is 375 g/mol. The van der Waals surface area contributed by atoms with Crippen LogP contribution in [0.15, 0.2) is 45.5 Å². The summed E-state index contributed by atoms with van der Waals surface area (Å²) >= 11 is 7.75. The first-order valence-electron chi connectivity index (χ1n) is 7.92. The Hall–Kier alpha value is -2.18. The molecule has 0 N–H and O–H groups in total. The van der Waals surface area contributed by atoms with Gasteiger partial charge in [0.1, 0.15) is 0 Å². The standard InChI is InChI=1S/C18H18ClN3O2S/c1-12(2)22(17(23)9-13-7-8-25-11-13)10-16-20-21-18(24-16)14-5-3-4-6-15(14)19/h3-8,11-12H,9-10H2,1-2H3. The number of carbonyl (C=O) groups is 1. The SMILES string of the molecule is CC(C)N(Cc1nnc(-c2ccccc2Cl)o1)C(=O)Cc1ccsc1. The fraction of sp³-hybridized carbons (Fsp3) is 0.278. The van der Waals surface area contributed by atoms with Gasteiger partial charge in [0.2, 0.25) is 17.7 Å². The molecular weight excluding hydrogens is 358 g/mol. The van der Waals surface area contributed by atoms with Crippen molar-refractivity contribution in [3.05, 3.63) is 57.6 Å². The highest BCUT2D eigenvalue weighted by Crippen LogP contribution is 2.26. The minimum absolute atomic E-state index is 0.0294. The Labute approximate surface area is 155 Å². The highest BCUT2D eigenvalue weighted by Gasteiger charge is 2.21. The van der Waals surface area contributed by atoms with Crippen LogP contribution in [0.4, 0.5) is 0 Å². The van der Waals surface area contributed by atoms with Gasteiger partial charge in [-0.05, 0) is 48.4 Å². The Morgan fingerprint density at radius 2 is 2.08 bits per heavy atom. The number of halogens is 1. The second-order valence-electron chi connectivity index (χ2n) is 5.90. The summed E-state index contributed by atoms with van der Waals surface area (Å²) in [6, 6.07) is 9.28. The maximum Gasteiger partial charge on any atom is 0.249 e. The summed E-state index contributed by atoms with van der Waals surface area (Å²) in [6.45, 7) is 4.21. The lowest BCUT2D eigenvalue weighted by Crippen LogP contribution is -2.37. The summed E-state index contributed by atoms with van der Waals surface area (Å²) in [4.78, 5) is 14.3. The van der Waals surface area contributed by atoms with E-state index in [1.807, 2.05) is 48.9 Å². The van der Waals surface area contributed by atoms with Gasteiger partial charge in [-0.15, -0.1) is 10.2 Å². The molecule has 25 heavy (non-hydrogen) atoms. The van der Waals surface area contributed by atoms with E-state index in [1.54, 1.807) is 22.3 Å². The average Bonchev–Trinajstić information content (AvgIpc) is 3.24. The lowest BCUT2D eigenvalue weighted by molar-refractivity contribution is -0.133. The second-order valence-corrected chi connectivity index (χ2v) is 7.09. The van der Waals surface area contributed by atoms with Crippen molar-refractivity contribution in [2.24, 2.45) is 0 Å². The largest absolute Gasteiger partial charge is 0.419 e. The van der Waals surface area contributed by atoms with E-state index in [4.69, 9.17) is 16.0 Å². The first kappa shape index (κ1) is 17.6. The van der Waals surface area contributed by atoms with Crippen LogP contribution in [0.5, 0.6) is 0 Å². The van der Waals surface area contributed by atoms with Crippen LogP contribution in [0, 0.1) is 0 Å². The van der Waals surface area contributed by atoms with Gasteiger partial charge in [0.25, 0.3) is 0 Å². The normalized spacial score (nSPS) is 11.0. The zero-order valence-electron chi connectivity index (χ0n) is 14.0. The molecular formula is C18H18ClN3O2S. The zero-order valence-corrected chi connectivity index (χ0v) is 15.5. The van der Waals surface area contributed by atoms with Crippen molar-refractivity contribution in [2.75, 3.05) is 0 Å². The van der Waals surface area contributed by atoms with Gasteiger partial charge < -0.3 is 9.32 Å². The summed E-state index contributed by atoms with van der Waals surface area (Å²) in [6.07, 6.45) is 0.368. The average molecular weight is 376 g/mol. The third-order valence-corrected chi connectivity index (χ3v) is 4.82. The van der Waals surface area contributed by atoms with Gasteiger partial charge in [-0.25, -0.2) is 0 Å². The van der Waals surface area contributed by atoms with Crippen LogP contribution in [0.25, 0.3) is 11.5 Å². The van der Waals surface area contributed by atoms with Crippen LogP contribution in [0.2, 0.25) is 5.02 Å². The van der Waals surface area contributed by atoms with Crippen LogP contribution >= 0.6 is 22.9 Å². The first-order valence-corrected chi connectivity index (χ1v) is 9.24. The number of thiophene rings is 1. The lowest BCUT2D eigenvalue weighted by Gasteiger charge is -2.25. The Kier molecular flexibility index (Phi) is 5.50. The quantitative estimate of drug-likeness (QED) is 0.639. The molecule has 2 aromatic heterocycles. The van der Waals surface area contributed by atoms with Crippen molar-refractivity contribution >= 4 is 28.8 Å². The maximum absolute atomic E-state index is 12.6. The molecule has 130 valence electrons. The second kappa shape index (κ2) is 7.80. The number of rotatable bonds is 6. The third-order valence-electron chi connectivity index (χ3n) is 3.76. The third kappa shape index (κ3) is 4.27. The molecule has 0 unspecified atom stereocenters. The highest BCUT2D eigenvalue weighted by molar-refractivity contribution is 7.08. The smallest absolute Gasteiger partial charge is 0.249 e. The number of carbonyl (C=O) groups excluding carboxylic acids is 1. The molecule has 0 fully saturated rings. The predicted molar refractivity (Wildman–Crippen MR) is 98.5 cm³/mol. The molecule has 0 aliphatic carbocycles. The Bertz CT molecular complexity index is 846. The molecule has 5 nitrogen and oxygen atoms in total. The fourth-order valence-corrected chi connectivity index (χ4v) is 3.32. The van der Waals surface area contributed by atoms with E-state index in [2.05, 4.69) is 10.2 Å². The lowest BCUT2D eigenvalue weighted by atomic mass is 10.2. The molecule has 1 amide bonds. The molecule has 0 atom stereocenters. The van der Waals surface area contributed by atoms with Crippen molar-refractivity contribution in [3.8, 4) is 11.5 Å². The van der Waals surface area contributed by atoms with Crippen molar-refractivity contribution in [1.82, 2.24) is 15.1 Å². The molecule has 0 aliphatic heterocycles. The van der Waals surface area contributed by atoms with Crippen LogP contribution in [-0.2, 0) is 17.8 Å². The van der Waals surface area contributed by atoms with Gasteiger partial charge in [-0.3, -0.25) is 4.79 Å². The number of hydrogen-bond acceptors (Lipinski definition) is 5. The van der Waals surface area contributed by atoms with Crippen LogP contribution in [0.1, 0.15) is 25.3 Å². The summed E-state index contributed by atoms with van der Waals surface area (Å²) in [5.41, 5.74) is 1.70. The Morgan fingerprint density at radius 3 is 2.76 bits per heavy atom. The van der Waals surface area contributed by atoms with E-state index in [0.717, 1.165) is 5.56 Å². The number of nitrogens with zero attached hydrogens (tertiary/aromatic N) is 3. The van der Waals surface area contributed by atoms with Crippen molar-refractivity contribution in [3.63, 3.8) is 0 Å². The summed E-state index contributed by atoms with van der Waals surface area (Å²) in [5.74, 6) is 0.780. The number of aromatic nitrogens is 2. The van der Waals surface area contributed by atoms with Crippen LogP contribution < -0.4 is 0 Å². The molecule has 0 saturated heterocycles. The number of hydrogen-bond donors (Lipinski definition) is 0. The maximum atomic E-state index is 12.6.